The molecule has 1 atom stereocenters. The quantitative estimate of drug-likeness (QED) is 0.631. The summed E-state index contributed by atoms with van der Waals surface area (Å²) in [5.41, 5.74) is 7.28. The maximum Gasteiger partial charge on any atom is 0.246 e. The lowest BCUT2D eigenvalue weighted by atomic mass is 10.2. The molecule has 0 saturated carbocycles. The van der Waals surface area contributed by atoms with Gasteiger partial charge in [-0.3, -0.25) is 4.79 Å². The van der Waals surface area contributed by atoms with E-state index < -0.39 is 0 Å². The van der Waals surface area contributed by atoms with Crippen LogP contribution < -0.4 is 5.73 Å². The summed E-state index contributed by atoms with van der Waals surface area (Å²) in [6.07, 6.45) is 3.38. The third-order valence-electron chi connectivity index (χ3n) is 2.92. The van der Waals surface area contributed by atoms with Gasteiger partial charge in [-0.15, -0.1) is 0 Å². The van der Waals surface area contributed by atoms with E-state index >= 15 is 0 Å². The Hall–Kier alpha value is -1.81. The van der Waals surface area contributed by atoms with E-state index in [9.17, 15) is 4.79 Å². The largest absolute Gasteiger partial charge is 0.399 e. The lowest BCUT2D eigenvalue weighted by Gasteiger charge is -2.26. The van der Waals surface area contributed by atoms with Crippen molar-refractivity contribution < 1.29 is 9.53 Å². The van der Waals surface area contributed by atoms with Crippen molar-refractivity contribution in [2.75, 3.05) is 26.0 Å². The molecule has 1 unspecified atom stereocenters. The maximum absolute atomic E-state index is 12.1. The summed E-state index contributed by atoms with van der Waals surface area (Å²) in [5.74, 6) is -0.0103. The molecule has 1 rings (SSSR count). The van der Waals surface area contributed by atoms with Gasteiger partial charge in [0, 0.05) is 25.4 Å². The molecule has 104 valence electrons. The first kappa shape index (κ1) is 15.2. The Labute approximate surface area is 114 Å². The van der Waals surface area contributed by atoms with E-state index in [4.69, 9.17) is 10.5 Å². The van der Waals surface area contributed by atoms with Gasteiger partial charge in [-0.2, -0.15) is 0 Å². The Morgan fingerprint density at radius 2 is 2.05 bits per heavy atom. The van der Waals surface area contributed by atoms with Crippen LogP contribution in [-0.4, -0.2) is 37.1 Å². The van der Waals surface area contributed by atoms with E-state index in [1.807, 2.05) is 38.1 Å². The van der Waals surface area contributed by atoms with Crippen molar-refractivity contribution in [2.45, 2.75) is 19.9 Å². The van der Waals surface area contributed by atoms with Gasteiger partial charge in [-0.25, -0.2) is 0 Å². The average molecular weight is 262 g/mol. The van der Waals surface area contributed by atoms with Crippen LogP contribution in [0, 0.1) is 0 Å². The minimum atomic E-state index is -0.0103. The molecule has 0 spiro atoms. The highest BCUT2D eigenvalue weighted by Crippen LogP contribution is 2.08. The van der Waals surface area contributed by atoms with Crippen molar-refractivity contribution in [1.29, 1.82) is 0 Å². The molecule has 0 saturated heterocycles. The Balaban J connectivity index is 2.68. The summed E-state index contributed by atoms with van der Waals surface area (Å²) < 4.78 is 5.08. The van der Waals surface area contributed by atoms with Crippen LogP contribution in [0.5, 0.6) is 0 Å². The minimum absolute atomic E-state index is 0.0103. The average Bonchev–Trinajstić information content (AvgIpc) is 2.39. The summed E-state index contributed by atoms with van der Waals surface area (Å²) in [6.45, 7) is 5.13. The number of methoxy groups -OCH3 is 1. The van der Waals surface area contributed by atoms with Crippen LogP contribution in [0.4, 0.5) is 5.69 Å². The van der Waals surface area contributed by atoms with Crippen molar-refractivity contribution >= 4 is 17.7 Å². The van der Waals surface area contributed by atoms with Gasteiger partial charge >= 0.3 is 0 Å². The predicted molar refractivity (Wildman–Crippen MR) is 78.6 cm³/mol. The number of nitrogens with two attached hydrogens (primary N) is 1. The normalized spacial score (nSPS) is 12.6. The number of hydrogen-bond donors (Lipinski definition) is 1. The monoisotopic (exact) mass is 262 g/mol. The van der Waals surface area contributed by atoms with Crippen LogP contribution >= 0.6 is 0 Å². The number of carbonyl (C=O) groups excluding carboxylic acids is 1. The number of benzene rings is 1. The molecule has 0 aliphatic carbocycles. The number of amides is 1. The Morgan fingerprint density at radius 1 is 1.42 bits per heavy atom. The second-order valence-electron chi connectivity index (χ2n) is 4.43. The fourth-order valence-electron chi connectivity index (χ4n) is 1.89. The van der Waals surface area contributed by atoms with E-state index in [2.05, 4.69) is 0 Å². The fraction of sp³-hybridized carbons (Fsp3) is 0.400. The van der Waals surface area contributed by atoms with Gasteiger partial charge < -0.3 is 15.4 Å². The van der Waals surface area contributed by atoms with Gasteiger partial charge in [-0.1, -0.05) is 12.1 Å². The fourth-order valence-corrected chi connectivity index (χ4v) is 1.89. The van der Waals surface area contributed by atoms with Crippen molar-refractivity contribution in [3.63, 3.8) is 0 Å². The standard InChI is InChI=1S/C15H22N2O2/c1-4-17(12(2)11-19-3)15(18)10-7-13-5-8-14(16)9-6-13/h5-10,12H,4,11,16H2,1-3H3/b10-7+. The summed E-state index contributed by atoms with van der Waals surface area (Å²) in [6, 6.07) is 7.46. The molecule has 4 nitrogen and oxygen atoms in total. The number of nitrogen functional groups attached to an aromatic ring is 1. The van der Waals surface area contributed by atoms with Crippen LogP contribution in [0.1, 0.15) is 19.4 Å². The van der Waals surface area contributed by atoms with Crippen molar-refractivity contribution in [1.82, 2.24) is 4.90 Å². The Kier molecular flexibility index (Phi) is 6.09. The molecule has 0 radical (unpaired) electrons. The molecule has 0 fully saturated rings. The highest BCUT2D eigenvalue weighted by Gasteiger charge is 2.15. The third kappa shape index (κ3) is 4.75. The highest BCUT2D eigenvalue weighted by molar-refractivity contribution is 5.92. The van der Waals surface area contributed by atoms with Gasteiger partial charge in [0.15, 0.2) is 0 Å². The van der Waals surface area contributed by atoms with Crippen molar-refractivity contribution in [3.05, 3.63) is 35.9 Å². The molecule has 0 aromatic heterocycles. The van der Waals surface area contributed by atoms with E-state index in [0.717, 1.165) is 5.56 Å². The number of nitrogens with zero attached hydrogens (tertiary/aromatic N) is 1. The number of hydrogen-bond acceptors (Lipinski definition) is 3. The zero-order valence-electron chi connectivity index (χ0n) is 11.8. The summed E-state index contributed by atoms with van der Waals surface area (Å²) in [4.78, 5) is 13.9. The van der Waals surface area contributed by atoms with E-state index in [1.165, 1.54) is 0 Å². The predicted octanol–water partition coefficient (Wildman–Crippen LogP) is 2.17. The molecule has 2 N–H and O–H groups in total. The summed E-state index contributed by atoms with van der Waals surface area (Å²) >= 11 is 0. The number of carbonyl (C=O) groups is 1. The highest BCUT2D eigenvalue weighted by atomic mass is 16.5. The second kappa shape index (κ2) is 7.59. The molecular weight excluding hydrogens is 240 g/mol. The Morgan fingerprint density at radius 3 is 2.58 bits per heavy atom. The summed E-state index contributed by atoms with van der Waals surface area (Å²) in [5, 5.41) is 0. The molecule has 0 heterocycles. The first-order chi connectivity index (χ1) is 9.08. The molecule has 0 aliphatic heterocycles. The van der Waals surface area contributed by atoms with Gasteiger partial charge in [0.2, 0.25) is 5.91 Å². The zero-order chi connectivity index (χ0) is 14.3. The smallest absolute Gasteiger partial charge is 0.246 e. The molecule has 1 aromatic rings. The summed E-state index contributed by atoms with van der Waals surface area (Å²) in [7, 11) is 1.64. The number of anilines is 1. The first-order valence-corrected chi connectivity index (χ1v) is 6.41. The molecule has 1 aromatic carbocycles. The van der Waals surface area contributed by atoms with Crippen LogP contribution in [0.2, 0.25) is 0 Å². The molecule has 0 aliphatic rings. The number of likely N-dealkylation sites (N-methyl/N-ethyl adjacent to an activating group) is 1. The van der Waals surface area contributed by atoms with Crippen LogP contribution in [0.3, 0.4) is 0 Å². The third-order valence-corrected chi connectivity index (χ3v) is 2.92. The van der Waals surface area contributed by atoms with Crippen LogP contribution in [-0.2, 0) is 9.53 Å². The van der Waals surface area contributed by atoms with E-state index in [1.54, 1.807) is 24.2 Å². The SMILES string of the molecule is CCN(C(=O)/C=C/c1ccc(N)cc1)C(C)COC. The van der Waals surface area contributed by atoms with Gasteiger partial charge in [0.1, 0.15) is 0 Å². The Bertz CT molecular complexity index is 426. The molecule has 4 heteroatoms. The van der Waals surface area contributed by atoms with Gasteiger partial charge in [0.05, 0.1) is 12.6 Å². The lowest BCUT2D eigenvalue weighted by Crippen LogP contribution is -2.39. The number of rotatable bonds is 6. The number of ether oxygens (including phenoxy) is 1. The van der Waals surface area contributed by atoms with Crippen molar-refractivity contribution in [3.8, 4) is 0 Å². The minimum Gasteiger partial charge on any atom is -0.399 e. The van der Waals surface area contributed by atoms with Crippen molar-refractivity contribution in [2.24, 2.45) is 0 Å². The lowest BCUT2D eigenvalue weighted by molar-refractivity contribution is -0.128. The van der Waals surface area contributed by atoms with Gasteiger partial charge in [-0.05, 0) is 37.6 Å². The van der Waals surface area contributed by atoms with E-state index in [0.29, 0.717) is 18.8 Å². The van der Waals surface area contributed by atoms with Crippen LogP contribution in [0.25, 0.3) is 6.08 Å². The van der Waals surface area contributed by atoms with Crippen LogP contribution in [0.15, 0.2) is 30.3 Å². The molecule has 1 amide bonds. The van der Waals surface area contributed by atoms with E-state index in [-0.39, 0.29) is 11.9 Å². The topological polar surface area (TPSA) is 55.6 Å². The second-order valence-corrected chi connectivity index (χ2v) is 4.43. The molecule has 0 bridgehead atoms. The molecular formula is C15H22N2O2. The first-order valence-electron chi connectivity index (χ1n) is 6.41. The maximum atomic E-state index is 12.1. The zero-order valence-corrected chi connectivity index (χ0v) is 11.8. The molecule has 19 heavy (non-hydrogen) atoms. The van der Waals surface area contributed by atoms with Gasteiger partial charge in [0.25, 0.3) is 0 Å².